The fraction of sp³-hybridized carbons (Fsp3) is 0.333. The molecule has 0 aromatic heterocycles. The molecule has 1 fully saturated rings. The summed E-state index contributed by atoms with van der Waals surface area (Å²) in [5.74, 6) is 0.712. The van der Waals surface area contributed by atoms with Crippen molar-refractivity contribution in [3.05, 3.63) is 71.8 Å². The third kappa shape index (κ3) is 3.09. The van der Waals surface area contributed by atoms with Crippen molar-refractivity contribution in [3.63, 3.8) is 0 Å². The van der Waals surface area contributed by atoms with E-state index in [-0.39, 0.29) is 6.04 Å². The molecule has 3 rings (SSSR count). The van der Waals surface area contributed by atoms with Crippen LogP contribution in [0.5, 0.6) is 0 Å². The normalized spacial score (nSPS) is 17.6. The zero-order valence-electron chi connectivity index (χ0n) is 11.8. The Hall–Kier alpha value is -1.64. The van der Waals surface area contributed by atoms with Crippen molar-refractivity contribution in [2.45, 2.75) is 18.4 Å². The standard InChI is InChI=1S/C18H22N2/c19-18(16-9-5-2-6-10-16)11-12-20-13-17(14-20)15-7-3-1-4-8-15/h1-10,17-18H,11-14,19H2. The van der Waals surface area contributed by atoms with E-state index in [2.05, 4.69) is 59.5 Å². The minimum absolute atomic E-state index is 0.159. The Labute approximate surface area is 121 Å². The van der Waals surface area contributed by atoms with Gasteiger partial charge in [-0.05, 0) is 24.1 Å². The molecule has 0 spiro atoms. The molecule has 1 aliphatic heterocycles. The molecule has 2 nitrogen and oxygen atoms in total. The van der Waals surface area contributed by atoms with E-state index in [9.17, 15) is 0 Å². The van der Waals surface area contributed by atoms with Crippen LogP contribution >= 0.6 is 0 Å². The fourth-order valence-corrected chi connectivity index (χ4v) is 2.88. The molecule has 0 saturated carbocycles. The van der Waals surface area contributed by atoms with E-state index in [0.717, 1.165) is 13.0 Å². The Morgan fingerprint density at radius 3 is 2.20 bits per heavy atom. The fourth-order valence-electron chi connectivity index (χ4n) is 2.88. The van der Waals surface area contributed by atoms with Crippen LogP contribution in [0.1, 0.15) is 29.5 Å². The third-order valence-electron chi connectivity index (χ3n) is 4.21. The smallest absolute Gasteiger partial charge is 0.0307 e. The molecule has 1 aliphatic rings. The summed E-state index contributed by atoms with van der Waals surface area (Å²) < 4.78 is 0. The molecule has 0 radical (unpaired) electrons. The average Bonchev–Trinajstić information content (AvgIpc) is 2.47. The van der Waals surface area contributed by atoms with Gasteiger partial charge in [0.25, 0.3) is 0 Å². The maximum atomic E-state index is 6.24. The van der Waals surface area contributed by atoms with E-state index < -0.39 is 0 Å². The van der Waals surface area contributed by atoms with Crippen LogP contribution in [0.2, 0.25) is 0 Å². The highest BCUT2D eigenvalue weighted by molar-refractivity contribution is 5.23. The number of nitrogens with zero attached hydrogens (tertiary/aromatic N) is 1. The van der Waals surface area contributed by atoms with Crippen molar-refractivity contribution in [3.8, 4) is 0 Å². The lowest BCUT2D eigenvalue weighted by atomic mass is 9.91. The van der Waals surface area contributed by atoms with Gasteiger partial charge in [0.2, 0.25) is 0 Å². The topological polar surface area (TPSA) is 29.3 Å². The highest BCUT2D eigenvalue weighted by Gasteiger charge is 2.27. The van der Waals surface area contributed by atoms with Crippen molar-refractivity contribution in [2.24, 2.45) is 5.73 Å². The van der Waals surface area contributed by atoms with Gasteiger partial charge in [-0.3, -0.25) is 0 Å². The van der Waals surface area contributed by atoms with Crippen molar-refractivity contribution >= 4 is 0 Å². The lowest BCUT2D eigenvalue weighted by Crippen LogP contribution is -2.45. The number of likely N-dealkylation sites (tertiary alicyclic amines) is 1. The minimum atomic E-state index is 0.159. The van der Waals surface area contributed by atoms with Gasteiger partial charge >= 0.3 is 0 Å². The van der Waals surface area contributed by atoms with Gasteiger partial charge in [-0.2, -0.15) is 0 Å². The summed E-state index contributed by atoms with van der Waals surface area (Å²) in [4.78, 5) is 2.50. The molecule has 1 unspecified atom stereocenters. The number of benzene rings is 2. The molecule has 0 amide bonds. The predicted molar refractivity (Wildman–Crippen MR) is 83.6 cm³/mol. The molecule has 2 heteroatoms. The zero-order valence-corrected chi connectivity index (χ0v) is 11.8. The monoisotopic (exact) mass is 266 g/mol. The van der Waals surface area contributed by atoms with Crippen LogP contribution in [0.25, 0.3) is 0 Å². The van der Waals surface area contributed by atoms with Crippen LogP contribution in [-0.2, 0) is 0 Å². The zero-order chi connectivity index (χ0) is 13.8. The lowest BCUT2D eigenvalue weighted by molar-refractivity contribution is 0.143. The summed E-state index contributed by atoms with van der Waals surface area (Å²) in [5.41, 5.74) is 8.95. The van der Waals surface area contributed by atoms with Crippen LogP contribution in [0.3, 0.4) is 0 Å². The minimum Gasteiger partial charge on any atom is -0.324 e. The maximum absolute atomic E-state index is 6.24. The van der Waals surface area contributed by atoms with Crippen LogP contribution in [0, 0.1) is 0 Å². The van der Waals surface area contributed by atoms with Crippen molar-refractivity contribution in [1.29, 1.82) is 0 Å². The van der Waals surface area contributed by atoms with E-state index >= 15 is 0 Å². The van der Waals surface area contributed by atoms with E-state index in [4.69, 9.17) is 5.73 Å². The first-order valence-electron chi connectivity index (χ1n) is 7.41. The number of hydrogen-bond donors (Lipinski definition) is 1. The third-order valence-corrected chi connectivity index (χ3v) is 4.21. The molecule has 0 bridgehead atoms. The Balaban J connectivity index is 1.43. The van der Waals surface area contributed by atoms with Gasteiger partial charge in [0.1, 0.15) is 0 Å². The Morgan fingerprint density at radius 1 is 0.950 bits per heavy atom. The summed E-state index contributed by atoms with van der Waals surface area (Å²) in [6.45, 7) is 3.44. The second-order valence-corrected chi connectivity index (χ2v) is 5.67. The lowest BCUT2D eigenvalue weighted by Gasteiger charge is -2.40. The van der Waals surface area contributed by atoms with Crippen LogP contribution in [0.4, 0.5) is 0 Å². The molecule has 2 aromatic rings. The first kappa shape index (κ1) is 13.3. The summed E-state index contributed by atoms with van der Waals surface area (Å²) >= 11 is 0. The summed E-state index contributed by atoms with van der Waals surface area (Å²) in [6, 6.07) is 21.4. The van der Waals surface area contributed by atoms with E-state index in [0.29, 0.717) is 5.92 Å². The van der Waals surface area contributed by atoms with Crippen molar-refractivity contribution in [1.82, 2.24) is 4.90 Å². The second kappa shape index (κ2) is 6.21. The summed E-state index contributed by atoms with van der Waals surface area (Å²) in [5, 5.41) is 0. The summed E-state index contributed by atoms with van der Waals surface area (Å²) in [6.07, 6.45) is 1.03. The highest BCUT2D eigenvalue weighted by atomic mass is 15.2. The van der Waals surface area contributed by atoms with Crippen LogP contribution in [0.15, 0.2) is 60.7 Å². The molecule has 1 heterocycles. The second-order valence-electron chi connectivity index (χ2n) is 5.67. The van der Waals surface area contributed by atoms with Crippen LogP contribution < -0.4 is 5.73 Å². The number of rotatable bonds is 5. The quantitative estimate of drug-likeness (QED) is 0.900. The molecule has 2 N–H and O–H groups in total. The van der Waals surface area contributed by atoms with Gasteiger partial charge in [0, 0.05) is 25.0 Å². The molecule has 20 heavy (non-hydrogen) atoms. The van der Waals surface area contributed by atoms with Gasteiger partial charge in [-0.25, -0.2) is 0 Å². The molecule has 1 saturated heterocycles. The molecular weight excluding hydrogens is 244 g/mol. The Morgan fingerprint density at radius 2 is 1.55 bits per heavy atom. The summed E-state index contributed by atoms with van der Waals surface area (Å²) in [7, 11) is 0. The van der Waals surface area contributed by atoms with E-state index in [1.165, 1.54) is 24.2 Å². The van der Waals surface area contributed by atoms with E-state index in [1.54, 1.807) is 0 Å². The van der Waals surface area contributed by atoms with Crippen molar-refractivity contribution < 1.29 is 0 Å². The van der Waals surface area contributed by atoms with Crippen LogP contribution in [-0.4, -0.2) is 24.5 Å². The van der Waals surface area contributed by atoms with Gasteiger partial charge in [-0.1, -0.05) is 60.7 Å². The maximum Gasteiger partial charge on any atom is 0.0307 e. The van der Waals surface area contributed by atoms with Crippen molar-refractivity contribution in [2.75, 3.05) is 19.6 Å². The Kier molecular flexibility index (Phi) is 4.14. The van der Waals surface area contributed by atoms with Gasteiger partial charge in [0.15, 0.2) is 0 Å². The highest BCUT2D eigenvalue weighted by Crippen LogP contribution is 2.27. The van der Waals surface area contributed by atoms with Gasteiger partial charge in [-0.15, -0.1) is 0 Å². The van der Waals surface area contributed by atoms with Gasteiger partial charge in [0.05, 0.1) is 0 Å². The molecule has 2 aromatic carbocycles. The molecule has 104 valence electrons. The first-order valence-corrected chi connectivity index (χ1v) is 7.41. The predicted octanol–water partition coefficient (Wildman–Crippen LogP) is 3.18. The molecular formula is C18H22N2. The number of hydrogen-bond acceptors (Lipinski definition) is 2. The molecule has 1 atom stereocenters. The number of nitrogens with two attached hydrogens (primary N) is 1. The van der Waals surface area contributed by atoms with E-state index in [1.807, 2.05) is 6.07 Å². The average molecular weight is 266 g/mol. The Bertz CT molecular complexity index is 518. The molecule has 0 aliphatic carbocycles. The SMILES string of the molecule is NC(CCN1CC(c2ccccc2)C1)c1ccccc1. The van der Waals surface area contributed by atoms with Gasteiger partial charge < -0.3 is 10.6 Å². The first-order chi connectivity index (χ1) is 9.83. The largest absolute Gasteiger partial charge is 0.324 e.